The van der Waals surface area contributed by atoms with Crippen molar-refractivity contribution in [2.75, 3.05) is 19.5 Å². The SMILES string of the molecule is CCCn1c(=O)[nH]c2cc3[nH]c(-c4ccc(NC(=O)NC)cc4OC)nc3cc21. The molecule has 0 fully saturated rings. The lowest BCUT2D eigenvalue weighted by Crippen LogP contribution is -2.24. The van der Waals surface area contributed by atoms with Crippen LogP contribution in [0.3, 0.4) is 0 Å². The number of nitrogens with zero attached hydrogens (tertiary/aromatic N) is 2. The van der Waals surface area contributed by atoms with Gasteiger partial charge in [0.05, 0.1) is 34.7 Å². The summed E-state index contributed by atoms with van der Waals surface area (Å²) in [5, 5.41) is 5.23. The average molecular weight is 394 g/mol. The molecule has 9 nitrogen and oxygen atoms in total. The van der Waals surface area contributed by atoms with Crippen LogP contribution in [-0.2, 0) is 6.54 Å². The third-order valence-electron chi connectivity index (χ3n) is 4.77. The van der Waals surface area contributed by atoms with Crippen LogP contribution in [0.15, 0.2) is 35.1 Å². The van der Waals surface area contributed by atoms with Crippen molar-refractivity contribution in [1.29, 1.82) is 0 Å². The highest BCUT2D eigenvalue weighted by molar-refractivity contribution is 5.94. The Morgan fingerprint density at radius 2 is 2.03 bits per heavy atom. The van der Waals surface area contributed by atoms with Crippen LogP contribution in [0.2, 0.25) is 0 Å². The van der Waals surface area contributed by atoms with Crippen molar-refractivity contribution in [2.24, 2.45) is 0 Å². The molecular formula is C20H22N6O3. The van der Waals surface area contributed by atoms with Crippen LogP contribution in [0.25, 0.3) is 33.5 Å². The molecule has 0 bridgehead atoms. The summed E-state index contributed by atoms with van der Waals surface area (Å²) in [6.07, 6.45) is 0.865. The molecule has 2 aromatic heterocycles. The number of urea groups is 1. The summed E-state index contributed by atoms with van der Waals surface area (Å²) < 4.78 is 7.22. The first-order chi connectivity index (χ1) is 14.0. The number of carbonyl (C=O) groups is 1. The summed E-state index contributed by atoms with van der Waals surface area (Å²) in [6.45, 7) is 2.68. The highest BCUT2D eigenvalue weighted by atomic mass is 16.5. The van der Waals surface area contributed by atoms with Gasteiger partial charge in [-0.3, -0.25) is 4.57 Å². The number of aromatic amines is 2. The van der Waals surface area contributed by atoms with E-state index in [1.165, 1.54) is 0 Å². The molecule has 0 aliphatic carbocycles. The fourth-order valence-electron chi connectivity index (χ4n) is 3.39. The van der Waals surface area contributed by atoms with E-state index in [0.717, 1.165) is 34.1 Å². The number of aromatic nitrogens is 4. The number of fused-ring (bicyclic) bond motifs is 2. The summed E-state index contributed by atoms with van der Waals surface area (Å²) in [4.78, 5) is 34.6. The second-order valence-corrected chi connectivity index (χ2v) is 6.67. The molecule has 0 radical (unpaired) electrons. The Morgan fingerprint density at radius 1 is 1.21 bits per heavy atom. The molecular weight excluding hydrogens is 372 g/mol. The second kappa shape index (κ2) is 7.34. The van der Waals surface area contributed by atoms with Gasteiger partial charge in [-0.05, 0) is 30.7 Å². The minimum absolute atomic E-state index is 0.115. The van der Waals surface area contributed by atoms with Gasteiger partial charge < -0.3 is 25.3 Å². The molecule has 0 atom stereocenters. The zero-order valence-electron chi connectivity index (χ0n) is 16.4. The number of methoxy groups -OCH3 is 1. The van der Waals surface area contributed by atoms with E-state index in [4.69, 9.17) is 9.72 Å². The molecule has 4 rings (SSSR count). The van der Waals surface area contributed by atoms with Crippen molar-refractivity contribution >= 4 is 33.8 Å². The van der Waals surface area contributed by atoms with Crippen molar-refractivity contribution in [3.63, 3.8) is 0 Å². The molecule has 0 saturated heterocycles. The van der Waals surface area contributed by atoms with E-state index in [-0.39, 0.29) is 11.7 Å². The number of hydrogen-bond donors (Lipinski definition) is 4. The largest absolute Gasteiger partial charge is 0.496 e. The first-order valence-electron chi connectivity index (χ1n) is 9.33. The summed E-state index contributed by atoms with van der Waals surface area (Å²) in [5.41, 5.74) is 4.43. The van der Waals surface area contributed by atoms with Gasteiger partial charge in [-0.25, -0.2) is 14.6 Å². The van der Waals surface area contributed by atoms with Crippen LogP contribution in [-0.4, -0.2) is 39.7 Å². The number of imidazole rings is 2. The van der Waals surface area contributed by atoms with E-state index < -0.39 is 0 Å². The molecule has 0 spiro atoms. The molecule has 0 aliphatic heterocycles. The molecule has 150 valence electrons. The Morgan fingerprint density at radius 3 is 2.76 bits per heavy atom. The maximum absolute atomic E-state index is 12.2. The van der Waals surface area contributed by atoms with Crippen LogP contribution >= 0.6 is 0 Å². The number of carbonyl (C=O) groups excluding carboxylic acids is 1. The van der Waals surface area contributed by atoms with Gasteiger partial charge in [0.25, 0.3) is 0 Å². The van der Waals surface area contributed by atoms with E-state index in [1.807, 2.05) is 25.1 Å². The van der Waals surface area contributed by atoms with E-state index >= 15 is 0 Å². The quantitative estimate of drug-likeness (QED) is 0.416. The van der Waals surface area contributed by atoms with Crippen molar-refractivity contribution in [3.8, 4) is 17.1 Å². The van der Waals surface area contributed by atoms with Crippen LogP contribution in [0.4, 0.5) is 10.5 Å². The molecule has 2 aromatic carbocycles. The van der Waals surface area contributed by atoms with Gasteiger partial charge in [-0.2, -0.15) is 0 Å². The Labute approximate surface area is 166 Å². The molecule has 0 saturated carbocycles. The fraction of sp³-hybridized carbons (Fsp3) is 0.250. The lowest BCUT2D eigenvalue weighted by Gasteiger charge is -2.10. The third kappa shape index (κ3) is 3.31. The van der Waals surface area contributed by atoms with Gasteiger partial charge in [-0.15, -0.1) is 0 Å². The Balaban J connectivity index is 1.79. The summed E-state index contributed by atoms with van der Waals surface area (Å²) in [7, 11) is 3.12. The Kier molecular flexibility index (Phi) is 4.71. The van der Waals surface area contributed by atoms with Gasteiger partial charge in [0, 0.05) is 25.3 Å². The van der Waals surface area contributed by atoms with E-state index in [1.54, 1.807) is 30.9 Å². The first kappa shape index (κ1) is 18.6. The lowest BCUT2D eigenvalue weighted by molar-refractivity contribution is 0.254. The molecule has 9 heteroatoms. The Bertz CT molecular complexity index is 1270. The number of ether oxygens (including phenoxy) is 1. The number of benzene rings is 2. The average Bonchev–Trinajstić information content (AvgIpc) is 3.26. The maximum atomic E-state index is 12.2. The predicted octanol–water partition coefficient (Wildman–Crippen LogP) is 3.04. The molecule has 4 N–H and O–H groups in total. The third-order valence-corrected chi connectivity index (χ3v) is 4.77. The normalized spacial score (nSPS) is 11.1. The number of hydrogen-bond acceptors (Lipinski definition) is 4. The molecule has 4 aromatic rings. The van der Waals surface area contributed by atoms with Crippen molar-refractivity contribution in [2.45, 2.75) is 19.9 Å². The maximum Gasteiger partial charge on any atom is 0.326 e. The van der Waals surface area contributed by atoms with Gasteiger partial charge >= 0.3 is 11.7 Å². The summed E-state index contributed by atoms with van der Waals surface area (Å²) >= 11 is 0. The second-order valence-electron chi connectivity index (χ2n) is 6.67. The number of anilines is 1. The number of aryl methyl sites for hydroxylation is 1. The summed E-state index contributed by atoms with van der Waals surface area (Å²) in [5.74, 6) is 1.21. The topological polar surface area (TPSA) is 117 Å². The standard InChI is InChI=1S/C20H22N6O3/c1-4-7-26-16-10-14-13(9-15(16)25-20(26)28)23-18(24-14)12-6-5-11(8-17(12)29-3)22-19(27)21-2/h5-6,8-10H,4,7H2,1-3H3,(H,23,24)(H,25,28)(H2,21,22,27). The molecule has 2 heterocycles. The predicted molar refractivity (Wildman–Crippen MR) is 113 cm³/mol. The minimum Gasteiger partial charge on any atom is -0.496 e. The first-order valence-corrected chi connectivity index (χ1v) is 9.33. The highest BCUT2D eigenvalue weighted by Gasteiger charge is 2.15. The van der Waals surface area contributed by atoms with Crippen molar-refractivity contribution in [1.82, 2.24) is 24.8 Å². The number of H-pyrrole nitrogens is 2. The van der Waals surface area contributed by atoms with Gasteiger partial charge in [0.2, 0.25) is 0 Å². The molecule has 2 amide bonds. The highest BCUT2D eigenvalue weighted by Crippen LogP contribution is 2.32. The van der Waals surface area contributed by atoms with Crippen LogP contribution < -0.4 is 21.1 Å². The van der Waals surface area contributed by atoms with Crippen molar-refractivity contribution in [3.05, 3.63) is 40.8 Å². The van der Waals surface area contributed by atoms with Gasteiger partial charge in [0.1, 0.15) is 11.6 Å². The van der Waals surface area contributed by atoms with Crippen LogP contribution in [0.1, 0.15) is 13.3 Å². The number of amides is 2. The van der Waals surface area contributed by atoms with Gasteiger partial charge in [0.15, 0.2) is 0 Å². The zero-order valence-corrected chi connectivity index (χ0v) is 16.4. The number of nitrogens with one attached hydrogen (secondary N) is 4. The minimum atomic E-state index is -0.309. The van der Waals surface area contributed by atoms with E-state index in [0.29, 0.717) is 23.8 Å². The molecule has 0 unspecified atom stereocenters. The Hall–Kier alpha value is -3.75. The van der Waals surface area contributed by atoms with Crippen LogP contribution in [0.5, 0.6) is 5.75 Å². The molecule has 29 heavy (non-hydrogen) atoms. The molecule has 0 aliphatic rings. The number of rotatable bonds is 5. The van der Waals surface area contributed by atoms with Crippen LogP contribution in [0, 0.1) is 0 Å². The monoisotopic (exact) mass is 394 g/mol. The summed E-state index contributed by atoms with van der Waals surface area (Å²) in [6, 6.07) is 8.84. The van der Waals surface area contributed by atoms with E-state index in [2.05, 4.69) is 20.6 Å². The zero-order chi connectivity index (χ0) is 20.5. The van der Waals surface area contributed by atoms with Crippen molar-refractivity contribution < 1.29 is 9.53 Å². The smallest absolute Gasteiger partial charge is 0.326 e. The lowest BCUT2D eigenvalue weighted by atomic mass is 10.1. The van der Waals surface area contributed by atoms with E-state index in [9.17, 15) is 9.59 Å². The fourth-order valence-corrected chi connectivity index (χ4v) is 3.39. The van der Waals surface area contributed by atoms with Gasteiger partial charge in [-0.1, -0.05) is 6.92 Å².